The fourth-order valence-corrected chi connectivity index (χ4v) is 3.12. The van der Waals surface area contributed by atoms with Gasteiger partial charge >= 0.3 is 0 Å². The topological polar surface area (TPSA) is 75.0 Å². The predicted molar refractivity (Wildman–Crippen MR) is 98.8 cm³/mol. The molecule has 26 heavy (non-hydrogen) atoms. The number of ketones is 1. The highest BCUT2D eigenvalue weighted by molar-refractivity contribution is 6.35. The maximum Gasteiger partial charge on any atom is 0.213 e. The molecular formula is C20H23N3O3. The Morgan fingerprint density at radius 3 is 2.77 bits per heavy atom. The molecule has 1 fully saturated rings. The van der Waals surface area contributed by atoms with Crippen LogP contribution in [-0.2, 0) is 6.54 Å². The first-order valence-corrected chi connectivity index (χ1v) is 8.81. The summed E-state index contributed by atoms with van der Waals surface area (Å²) in [6, 6.07) is 13.7. The molecule has 1 saturated heterocycles. The Hall–Kier alpha value is -2.73. The molecule has 1 aromatic heterocycles. The maximum absolute atomic E-state index is 11.7. The van der Waals surface area contributed by atoms with Gasteiger partial charge in [-0.1, -0.05) is 35.5 Å². The van der Waals surface area contributed by atoms with Crippen molar-refractivity contribution in [2.24, 2.45) is 11.1 Å². The fraction of sp³-hybridized carbons (Fsp3) is 0.350. The lowest BCUT2D eigenvalue weighted by molar-refractivity contribution is 0.106. The summed E-state index contributed by atoms with van der Waals surface area (Å²) in [7, 11) is 0. The van der Waals surface area contributed by atoms with Crippen LogP contribution in [-0.4, -0.2) is 46.8 Å². The second-order valence-corrected chi connectivity index (χ2v) is 6.51. The molecule has 0 radical (unpaired) electrons. The number of hydrogen-bond acceptors (Lipinski definition) is 6. The van der Waals surface area contributed by atoms with Crippen LogP contribution in [0, 0.1) is 5.92 Å². The third-order valence-corrected chi connectivity index (χ3v) is 4.62. The van der Waals surface area contributed by atoms with E-state index in [1.807, 2.05) is 6.07 Å². The van der Waals surface area contributed by atoms with Crippen molar-refractivity contribution in [1.29, 1.82) is 0 Å². The summed E-state index contributed by atoms with van der Waals surface area (Å²) in [5, 5.41) is 11.2. The summed E-state index contributed by atoms with van der Waals surface area (Å²) in [6.07, 6.45) is 4.56. The smallest absolute Gasteiger partial charge is 0.213 e. The van der Waals surface area contributed by atoms with Crippen molar-refractivity contribution in [1.82, 2.24) is 9.88 Å². The van der Waals surface area contributed by atoms with Gasteiger partial charge in [-0.05, 0) is 43.5 Å². The average molecular weight is 353 g/mol. The first-order valence-electron chi connectivity index (χ1n) is 8.81. The molecule has 1 N–H and O–H groups in total. The summed E-state index contributed by atoms with van der Waals surface area (Å²) in [4.78, 5) is 18.3. The van der Waals surface area contributed by atoms with Gasteiger partial charge in [-0.15, -0.1) is 0 Å². The van der Waals surface area contributed by atoms with Gasteiger partial charge < -0.3 is 9.94 Å². The molecule has 1 aliphatic heterocycles. The Bertz CT molecular complexity index is 741. The molecule has 136 valence electrons. The Balaban J connectivity index is 1.45. The van der Waals surface area contributed by atoms with Gasteiger partial charge in [0.05, 0.1) is 6.61 Å². The minimum atomic E-state index is -0.381. The number of carbonyl (C=O) groups excluding carboxylic acids is 1. The number of pyridine rings is 1. The lowest BCUT2D eigenvalue weighted by atomic mass is 9.97. The van der Waals surface area contributed by atoms with Crippen LogP contribution in [0.5, 0.6) is 5.88 Å². The molecule has 1 aromatic carbocycles. The van der Waals surface area contributed by atoms with Gasteiger partial charge in [0.15, 0.2) is 0 Å². The third kappa shape index (κ3) is 5.13. The van der Waals surface area contributed by atoms with E-state index in [-0.39, 0.29) is 5.78 Å². The summed E-state index contributed by atoms with van der Waals surface area (Å²) >= 11 is 0. The van der Waals surface area contributed by atoms with E-state index in [4.69, 9.17) is 9.94 Å². The van der Waals surface area contributed by atoms with E-state index in [2.05, 4.69) is 39.3 Å². The number of benzene rings is 1. The number of carbonyl (C=O) groups is 1. The number of Topliss-reactive ketones (excluding diaryl/α,β-unsaturated/α-hetero) is 1. The highest BCUT2D eigenvalue weighted by Gasteiger charge is 2.20. The molecule has 0 bridgehead atoms. The second kappa shape index (κ2) is 9.10. The van der Waals surface area contributed by atoms with Gasteiger partial charge in [0, 0.05) is 24.4 Å². The second-order valence-electron chi connectivity index (χ2n) is 6.51. The molecule has 0 spiro atoms. The zero-order valence-electron chi connectivity index (χ0n) is 14.6. The van der Waals surface area contributed by atoms with Gasteiger partial charge in [-0.25, -0.2) is 4.98 Å². The molecule has 0 amide bonds. The van der Waals surface area contributed by atoms with Crippen molar-refractivity contribution < 1.29 is 14.7 Å². The van der Waals surface area contributed by atoms with Crippen LogP contribution >= 0.6 is 0 Å². The Morgan fingerprint density at radius 2 is 2.04 bits per heavy atom. The number of aromatic nitrogens is 1. The maximum atomic E-state index is 11.7. The molecule has 6 nitrogen and oxygen atoms in total. The van der Waals surface area contributed by atoms with E-state index < -0.39 is 0 Å². The molecule has 6 heteroatoms. The van der Waals surface area contributed by atoms with Crippen molar-refractivity contribution in [3.63, 3.8) is 0 Å². The summed E-state index contributed by atoms with van der Waals surface area (Å²) in [6.45, 7) is 3.70. The van der Waals surface area contributed by atoms with Gasteiger partial charge in [0.2, 0.25) is 11.7 Å². The highest BCUT2D eigenvalue weighted by atomic mass is 16.5. The van der Waals surface area contributed by atoms with Crippen LogP contribution in [0.15, 0.2) is 53.8 Å². The molecule has 3 rings (SSSR count). The molecule has 2 heterocycles. The fourth-order valence-electron chi connectivity index (χ4n) is 3.12. The number of oxime groups is 1. The molecule has 1 aliphatic rings. The predicted octanol–water partition coefficient (Wildman–Crippen LogP) is 3.02. The van der Waals surface area contributed by atoms with Crippen molar-refractivity contribution in [2.45, 2.75) is 19.4 Å². The number of hydrogen-bond donors (Lipinski definition) is 1. The van der Waals surface area contributed by atoms with Crippen LogP contribution in [0.1, 0.15) is 28.8 Å². The molecule has 2 aromatic rings. The van der Waals surface area contributed by atoms with Crippen LogP contribution in [0.25, 0.3) is 0 Å². The van der Waals surface area contributed by atoms with E-state index in [1.54, 1.807) is 12.1 Å². The normalized spacial score (nSPS) is 16.0. The number of piperidine rings is 1. The van der Waals surface area contributed by atoms with Crippen LogP contribution in [0.2, 0.25) is 0 Å². The van der Waals surface area contributed by atoms with E-state index in [1.165, 1.54) is 11.8 Å². The monoisotopic (exact) mass is 353 g/mol. The third-order valence-electron chi connectivity index (χ3n) is 4.62. The van der Waals surface area contributed by atoms with Crippen LogP contribution in [0.3, 0.4) is 0 Å². The van der Waals surface area contributed by atoms with Crippen molar-refractivity contribution >= 4 is 12.0 Å². The van der Waals surface area contributed by atoms with Crippen LogP contribution in [0.4, 0.5) is 0 Å². The lowest BCUT2D eigenvalue weighted by Crippen LogP contribution is -2.35. The molecule has 0 unspecified atom stereocenters. The lowest BCUT2D eigenvalue weighted by Gasteiger charge is -2.31. The molecule has 0 aliphatic carbocycles. The van der Waals surface area contributed by atoms with Crippen molar-refractivity contribution in [2.75, 3.05) is 19.7 Å². The summed E-state index contributed by atoms with van der Waals surface area (Å²) in [5.41, 5.74) is 1.74. The van der Waals surface area contributed by atoms with Crippen LogP contribution < -0.4 is 4.74 Å². The van der Waals surface area contributed by atoms with E-state index >= 15 is 0 Å². The van der Waals surface area contributed by atoms with Gasteiger partial charge in [-0.3, -0.25) is 9.69 Å². The Morgan fingerprint density at radius 1 is 1.27 bits per heavy atom. The van der Waals surface area contributed by atoms with Gasteiger partial charge in [0.25, 0.3) is 0 Å². The zero-order chi connectivity index (χ0) is 18.2. The standard InChI is InChI=1S/C20H23N3O3/c24-19(13-22-25)18-6-9-21-20(12-18)26-15-17-7-10-23(11-8-17)14-16-4-2-1-3-5-16/h1-6,9,12-13,17,25H,7-8,10-11,14-15H2/b22-13+. The van der Waals surface area contributed by atoms with Crippen molar-refractivity contribution in [3.05, 3.63) is 59.8 Å². The number of rotatable bonds is 7. The molecular weight excluding hydrogens is 330 g/mol. The average Bonchev–Trinajstić information content (AvgIpc) is 2.69. The quantitative estimate of drug-likeness (QED) is 0.358. The zero-order valence-corrected chi connectivity index (χ0v) is 14.6. The Kier molecular flexibility index (Phi) is 6.33. The Labute approximate surface area is 153 Å². The molecule has 0 atom stereocenters. The first kappa shape index (κ1) is 18.1. The van der Waals surface area contributed by atoms with Gasteiger partial charge in [0.1, 0.15) is 6.21 Å². The number of likely N-dealkylation sites (tertiary alicyclic amines) is 1. The summed E-state index contributed by atoms with van der Waals surface area (Å²) in [5.74, 6) is 0.532. The van der Waals surface area contributed by atoms with E-state index in [0.717, 1.165) is 38.7 Å². The van der Waals surface area contributed by atoms with E-state index in [9.17, 15) is 4.79 Å². The SMILES string of the molecule is O=C(/C=N/O)c1ccnc(OCC2CCN(Cc3ccccc3)CC2)c1. The van der Waals surface area contributed by atoms with E-state index in [0.29, 0.717) is 24.0 Å². The minimum absolute atomic E-state index is 0.381. The number of ether oxygens (including phenoxy) is 1. The van der Waals surface area contributed by atoms with Crippen molar-refractivity contribution in [3.8, 4) is 5.88 Å². The highest BCUT2D eigenvalue weighted by Crippen LogP contribution is 2.20. The first-order chi connectivity index (χ1) is 12.7. The van der Waals surface area contributed by atoms with Gasteiger partial charge in [-0.2, -0.15) is 0 Å². The largest absolute Gasteiger partial charge is 0.477 e. The molecule has 0 saturated carbocycles. The summed E-state index contributed by atoms with van der Waals surface area (Å²) < 4.78 is 5.78. The minimum Gasteiger partial charge on any atom is -0.477 e. The number of nitrogens with zero attached hydrogens (tertiary/aromatic N) is 3.